The monoisotopic (exact) mass is 449 g/mol. The molecule has 3 aromatic carbocycles. The van der Waals surface area contributed by atoms with Crippen molar-refractivity contribution in [1.29, 1.82) is 0 Å². The van der Waals surface area contributed by atoms with Crippen LogP contribution < -0.4 is 9.96 Å². The van der Waals surface area contributed by atoms with Crippen LogP contribution in [0.4, 0.5) is 17.1 Å². The van der Waals surface area contributed by atoms with Crippen molar-refractivity contribution in [2.75, 3.05) is 9.96 Å². The van der Waals surface area contributed by atoms with E-state index in [1.54, 1.807) is 54.6 Å². The van der Waals surface area contributed by atoms with Crippen molar-refractivity contribution in [3.63, 3.8) is 0 Å². The molecule has 0 bridgehead atoms. The minimum Gasteiger partial charge on any atom is -0.273 e. The first kappa shape index (κ1) is 20.2. The third kappa shape index (κ3) is 3.12. The minimum absolute atomic E-state index is 0.169. The van der Waals surface area contributed by atoms with Gasteiger partial charge in [-0.3, -0.25) is 24.5 Å². The predicted octanol–water partition coefficient (Wildman–Crippen LogP) is 4.30. The van der Waals surface area contributed by atoms with Gasteiger partial charge in [0.25, 0.3) is 11.6 Å². The first-order valence-corrected chi connectivity index (χ1v) is 10.2. The molecule has 0 aliphatic carbocycles. The van der Waals surface area contributed by atoms with Crippen LogP contribution in [0.1, 0.15) is 11.6 Å². The Morgan fingerprint density at radius 3 is 2.12 bits per heavy atom. The highest BCUT2D eigenvalue weighted by Crippen LogP contribution is 2.49. The molecule has 0 spiro atoms. The molecule has 2 heterocycles. The summed E-state index contributed by atoms with van der Waals surface area (Å²) in [5.41, 5.74) is 1.21. The second-order valence-corrected chi connectivity index (χ2v) is 7.88. The zero-order valence-corrected chi connectivity index (χ0v) is 17.3. The van der Waals surface area contributed by atoms with Crippen LogP contribution in [-0.4, -0.2) is 22.8 Å². The molecule has 3 aromatic rings. The van der Waals surface area contributed by atoms with Crippen molar-refractivity contribution < 1.29 is 19.3 Å². The smallest absolute Gasteiger partial charge is 0.269 e. The average Bonchev–Trinajstić information content (AvgIpc) is 3.31. The van der Waals surface area contributed by atoms with Crippen LogP contribution in [0.2, 0.25) is 5.02 Å². The maximum Gasteiger partial charge on any atom is 0.269 e. The molecule has 3 atom stereocenters. The van der Waals surface area contributed by atoms with Crippen LogP contribution in [0.15, 0.2) is 78.9 Å². The molecular weight excluding hydrogens is 434 g/mol. The predicted molar refractivity (Wildman–Crippen MR) is 117 cm³/mol. The van der Waals surface area contributed by atoms with Gasteiger partial charge in [-0.15, -0.1) is 0 Å². The molecule has 2 aliphatic rings. The molecule has 0 saturated carbocycles. The molecule has 0 N–H and O–H groups in total. The number of anilines is 2. The lowest BCUT2D eigenvalue weighted by atomic mass is 9.90. The van der Waals surface area contributed by atoms with Crippen molar-refractivity contribution in [3.8, 4) is 0 Å². The number of non-ortho nitro benzene ring substituents is 1. The molecule has 160 valence electrons. The zero-order chi connectivity index (χ0) is 22.4. The van der Waals surface area contributed by atoms with Crippen LogP contribution in [0.25, 0.3) is 0 Å². The number of nitrogens with zero attached hydrogens (tertiary/aromatic N) is 3. The lowest BCUT2D eigenvalue weighted by molar-refractivity contribution is -0.384. The Balaban J connectivity index is 1.64. The van der Waals surface area contributed by atoms with E-state index < -0.39 is 34.8 Å². The average molecular weight is 450 g/mol. The van der Waals surface area contributed by atoms with E-state index in [-0.39, 0.29) is 10.7 Å². The van der Waals surface area contributed by atoms with Crippen LogP contribution in [-0.2, 0) is 14.4 Å². The number of hydroxylamine groups is 1. The van der Waals surface area contributed by atoms with Crippen molar-refractivity contribution in [2.24, 2.45) is 5.92 Å². The molecule has 0 aromatic heterocycles. The fraction of sp³-hybridized carbons (Fsp3) is 0.130. The van der Waals surface area contributed by atoms with Gasteiger partial charge in [0, 0.05) is 22.7 Å². The van der Waals surface area contributed by atoms with E-state index in [9.17, 15) is 19.7 Å². The molecule has 0 radical (unpaired) electrons. The molecule has 2 amide bonds. The summed E-state index contributed by atoms with van der Waals surface area (Å²) in [4.78, 5) is 44.7. The van der Waals surface area contributed by atoms with Crippen molar-refractivity contribution in [1.82, 2.24) is 0 Å². The standard InChI is InChI=1S/C23H16ClN3O5/c24-18-12-11-16(27(30)31)13-17(18)20-19-21(32-26(20)15-9-5-2-6-10-15)23(29)25(22(19)28)14-7-3-1-4-8-14/h1-13,19-21H/t19-,20+,21+/m0/s1. The summed E-state index contributed by atoms with van der Waals surface area (Å²) in [6.45, 7) is 0. The maximum atomic E-state index is 13.5. The summed E-state index contributed by atoms with van der Waals surface area (Å²) in [6, 6.07) is 20.7. The molecule has 9 heteroatoms. The Labute approximate surface area is 187 Å². The van der Waals surface area contributed by atoms with Crippen LogP contribution in [0.3, 0.4) is 0 Å². The summed E-state index contributed by atoms with van der Waals surface area (Å²) in [5.74, 6) is -1.86. The topological polar surface area (TPSA) is 93.0 Å². The Morgan fingerprint density at radius 2 is 1.50 bits per heavy atom. The number of fused-ring (bicyclic) bond motifs is 1. The van der Waals surface area contributed by atoms with Crippen LogP contribution in [0.5, 0.6) is 0 Å². The Hall–Kier alpha value is -3.75. The number of hydrogen-bond donors (Lipinski definition) is 0. The summed E-state index contributed by atoms with van der Waals surface area (Å²) < 4.78 is 0. The van der Waals surface area contributed by atoms with E-state index in [1.165, 1.54) is 23.3 Å². The Kier molecular flexibility index (Phi) is 4.88. The highest BCUT2D eigenvalue weighted by atomic mass is 35.5. The molecular formula is C23H16ClN3O5. The normalized spacial score (nSPS) is 22.3. The summed E-state index contributed by atoms with van der Waals surface area (Å²) in [7, 11) is 0. The van der Waals surface area contributed by atoms with E-state index in [4.69, 9.17) is 16.4 Å². The number of hydrogen-bond acceptors (Lipinski definition) is 6. The molecule has 2 saturated heterocycles. The van der Waals surface area contributed by atoms with Gasteiger partial charge in [-0.05, 0) is 30.3 Å². The molecule has 32 heavy (non-hydrogen) atoms. The summed E-state index contributed by atoms with van der Waals surface area (Å²) in [6.07, 6.45) is -1.08. The largest absolute Gasteiger partial charge is 0.273 e. The second-order valence-electron chi connectivity index (χ2n) is 7.47. The van der Waals surface area contributed by atoms with Crippen molar-refractivity contribution in [2.45, 2.75) is 12.1 Å². The van der Waals surface area contributed by atoms with E-state index in [0.717, 1.165) is 4.90 Å². The van der Waals surface area contributed by atoms with Gasteiger partial charge in [0.1, 0.15) is 5.92 Å². The van der Waals surface area contributed by atoms with E-state index in [0.29, 0.717) is 16.9 Å². The van der Waals surface area contributed by atoms with E-state index >= 15 is 0 Å². The third-order valence-electron chi connectivity index (χ3n) is 5.65. The first-order chi connectivity index (χ1) is 15.5. The zero-order valence-electron chi connectivity index (χ0n) is 16.5. The van der Waals surface area contributed by atoms with Gasteiger partial charge in [-0.2, -0.15) is 0 Å². The summed E-state index contributed by atoms with van der Waals surface area (Å²) in [5, 5.41) is 13.1. The highest BCUT2D eigenvalue weighted by Gasteiger charge is 2.60. The number of carbonyl (C=O) groups excluding carboxylic acids is 2. The second kappa shape index (κ2) is 7.74. The number of imide groups is 1. The lowest BCUT2D eigenvalue weighted by Gasteiger charge is -2.29. The number of rotatable bonds is 4. The highest BCUT2D eigenvalue weighted by molar-refractivity contribution is 6.31. The third-order valence-corrected chi connectivity index (χ3v) is 5.99. The van der Waals surface area contributed by atoms with Gasteiger partial charge in [-0.1, -0.05) is 48.0 Å². The quantitative estimate of drug-likeness (QED) is 0.335. The number of carbonyl (C=O) groups is 2. The van der Waals surface area contributed by atoms with Crippen LogP contribution >= 0.6 is 11.6 Å². The molecule has 5 rings (SSSR count). The molecule has 0 unspecified atom stereocenters. The number of benzene rings is 3. The van der Waals surface area contributed by atoms with Gasteiger partial charge in [0.2, 0.25) is 5.91 Å². The number of nitro groups is 1. The fourth-order valence-corrected chi connectivity index (χ4v) is 4.46. The van der Waals surface area contributed by atoms with E-state index in [1.807, 2.05) is 6.07 Å². The Bertz CT molecular complexity index is 1220. The summed E-state index contributed by atoms with van der Waals surface area (Å²) >= 11 is 6.45. The van der Waals surface area contributed by atoms with Gasteiger partial charge in [0.15, 0.2) is 6.10 Å². The Morgan fingerprint density at radius 1 is 0.875 bits per heavy atom. The maximum absolute atomic E-state index is 13.5. The van der Waals surface area contributed by atoms with E-state index in [2.05, 4.69) is 0 Å². The van der Waals surface area contributed by atoms with Gasteiger partial charge < -0.3 is 0 Å². The number of nitro benzene ring substituents is 1. The number of halogens is 1. The van der Waals surface area contributed by atoms with Gasteiger partial charge in [0.05, 0.1) is 22.3 Å². The first-order valence-electron chi connectivity index (χ1n) is 9.85. The molecule has 2 aliphatic heterocycles. The SMILES string of the molecule is O=C1[C@H]2[C@@H](c3cc([N+](=O)[O-])ccc3Cl)N(c3ccccc3)O[C@H]2C(=O)N1c1ccccc1. The number of amides is 2. The van der Waals surface area contributed by atoms with Crippen LogP contribution in [0, 0.1) is 16.0 Å². The van der Waals surface area contributed by atoms with Gasteiger partial charge in [-0.25, -0.2) is 9.96 Å². The van der Waals surface area contributed by atoms with Crippen molar-refractivity contribution >= 4 is 40.5 Å². The molecule has 8 nitrogen and oxygen atoms in total. The lowest BCUT2D eigenvalue weighted by Crippen LogP contribution is -2.37. The van der Waals surface area contributed by atoms with Crippen molar-refractivity contribution in [3.05, 3.63) is 99.6 Å². The molecule has 2 fully saturated rings. The fourth-order valence-electron chi connectivity index (χ4n) is 4.23. The number of para-hydroxylation sites is 2. The minimum atomic E-state index is -1.08. The van der Waals surface area contributed by atoms with Gasteiger partial charge >= 0.3 is 0 Å².